The first-order chi connectivity index (χ1) is 19.3. The number of hydrazine groups is 1. The number of ether oxygens (including phenoxy) is 2. The topological polar surface area (TPSA) is 124 Å². The van der Waals surface area contributed by atoms with Gasteiger partial charge in [0.25, 0.3) is 10.0 Å². The summed E-state index contributed by atoms with van der Waals surface area (Å²) in [6, 6.07) is 6.09. The molecule has 2 N–H and O–H groups in total. The molecule has 0 saturated carbocycles. The van der Waals surface area contributed by atoms with E-state index in [1.54, 1.807) is 28.0 Å². The molecule has 1 atom stereocenters. The number of urea groups is 1. The molecule has 0 aliphatic carbocycles. The summed E-state index contributed by atoms with van der Waals surface area (Å²) in [6.07, 6.45) is 6.13. The summed E-state index contributed by atoms with van der Waals surface area (Å²) in [6.45, 7) is 2.87. The molecule has 4 aliphatic heterocycles. The Kier molecular flexibility index (Phi) is 7.22. The van der Waals surface area contributed by atoms with Gasteiger partial charge in [0.2, 0.25) is 11.8 Å². The number of nitrogens with zero attached hydrogens (tertiary/aromatic N) is 4. The Hall–Kier alpha value is -3.51. The zero-order chi connectivity index (χ0) is 27.9. The minimum absolute atomic E-state index is 0.00778. The summed E-state index contributed by atoms with van der Waals surface area (Å²) in [7, 11) is -3.87. The zero-order valence-corrected chi connectivity index (χ0v) is 23.4. The second kappa shape index (κ2) is 10.8. The molecule has 3 amide bonds. The van der Waals surface area contributed by atoms with Crippen LogP contribution in [-0.2, 0) is 24.3 Å². The van der Waals surface area contributed by atoms with Gasteiger partial charge in [-0.1, -0.05) is 12.0 Å². The molecule has 5 heterocycles. The Morgan fingerprint density at radius 1 is 1.12 bits per heavy atom. The van der Waals surface area contributed by atoms with Crippen LogP contribution in [-0.4, -0.2) is 105 Å². The lowest BCUT2D eigenvalue weighted by atomic mass is 10.1. The van der Waals surface area contributed by atoms with Crippen molar-refractivity contribution in [1.82, 2.24) is 29.9 Å². The number of amides is 3. The van der Waals surface area contributed by atoms with Crippen LogP contribution in [0.1, 0.15) is 18.4 Å². The average molecular weight is 587 g/mol. The van der Waals surface area contributed by atoms with Crippen molar-refractivity contribution in [2.24, 2.45) is 0 Å². The van der Waals surface area contributed by atoms with Gasteiger partial charge in [-0.15, -0.1) is 17.8 Å². The molecule has 2 aromatic rings. The van der Waals surface area contributed by atoms with Gasteiger partial charge in [0.15, 0.2) is 6.73 Å². The van der Waals surface area contributed by atoms with Crippen molar-refractivity contribution in [1.29, 1.82) is 0 Å². The molecule has 0 spiro atoms. The second-order valence-electron chi connectivity index (χ2n) is 9.94. The molecular weight excluding hydrogens is 556 g/mol. The summed E-state index contributed by atoms with van der Waals surface area (Å²) < 4.78 is 40.8. The highest BCUT2D eigenvalue weighted by Crippen LogP contribution is 2.33. The molecule has 40 heavy (non-hydrogen) atoms. The number of sulfonamides is 1. The number of terminal acetylenes is 1. The summed E-state index contributed by atoms with van der Waals surface area (Å²) in [4.78, 5) is 30.2. The maximum absolute atomic E-state index is 13.8. The summed E-state index contributed by atoms with van der Waals surface area (Å²) in [5, 5.41) is 5.39. The molecule has 212 valence electrons. The highest BCUT2D eigenvalue weighted by atomic mass is 32.2. The van der Waals surface area contributed by atoms with Crippen LogP contribution in [0.15, 0.2) is 40.1 Å². The quantitative estimate of drug-likeness (QED) is 0.507. The lowest BCUT2D eigenvalue weighted by Crippen LogP contribution is -2.62. The summed E-state index contributed by atoms with van der Waals surface area (Å²) in [5.41, 5.74) is 4.62. The van der Waals surface area contributed by atoms with Crippen molar-refractivity contribution < 1.29 is 27.5 Å². The van der Waals surface area contributed by atoms with Crippen molar-refractivity contribution in [3.05, 3.63) is 41.4 Å². The van der Waals surface area contributed by atoms with E-state index in [1.165, 1.54) is 20.7 Å². The highest BCUT2D eigenvalue weighted by molar-refractivity contribution is 7.91. The highest BCUT2D eigenvalue weighted by Gasteiger charge is 2.41. The fourth-order valence-electron chi connectivity index (χ4n) is 5.33. The third kappa shape index (κ3) is 5.05. The Bertz CT molecular complexity index is 1510. The number of thiophene rings is 1. The number of carbonyl (C=O) groups excluding carboxylic acids is 2. The molecule has 2 saturated heterocycles. The average Bonchev–Trinajstić information content (AvgIpc) is 3.64. The lowest BCUT2D eigenvalue weighted by Gasteiger charge is -2.43. The van der Waals surface area contributed by atoms with Crippen LogP contribution in [0.4, 0.5) is 4.79 Å². The van der Waals surface area contributed by atoms with Crippen LogP contribution in [0.2, 0.25) is 0 Å². The predicted molar refractivity (Wildman–Crippen MR) is 147 cm³/mol. The normalized spacial score (nSPS) is 21.9. The van der Waals surface area contributed by atoms with Gasteiger partial charge in [0.05, 0.1) is 25.0 Å². The molecule has 0 bridgehead atoms. The zero-order valence-electron chi connectivity index (χ0n) is 21.8. The number of rotatable bonds is 4. The standard InChI is InChI=1S/C26H30N6O6S2/c1-2-18-3-4-19-14-24(39-22(19)13-18)40(35,36)30-7-8-31(20(16-30)15-23(33)29-9-11-37-12-10-29)26(34)32-6-5-21-25(28-32)38-17-27-21/h1,3-4,13-14,20,27-28H,5-12,15-17H2. The van der Waals surface area contributed by atoms with Gasteiger partial charge in [0, 0.05) is 62.4 Å². The fraction of sp³-hybridized carbons (Fsp3) is 0.462. The third-order valence-corrected chi connectivity index (χ3v) is 11.0. The second-order valence-corrected chi connectivity index (χ2v) is 13.2. The Balaban J connectivity index is 1.24. The SMILES string of the molecule is C#Cc1ccc2cc(S(=O)(=O)N3CCN(C(=O)N4CCC5=C(N4)OCN5)C(CC(=O)N4CCOCC4)C3)sc2c1. The van der Waals surface area contributed by atoms with Crippen LogP contribution < -0.4 is 10.7 Å². The molecule has 1 aromatic carbocycles. The van der Waals surface area contributed by atoms with E-state index in [4.69, 9.17) is 15.9 Å². The molecule has 4 aliphatic rings. The molecule has 1 aromatic heterocycles. The predicted octanol–water partition coefficient (Wildman–Crippen LogP) is 0.883. The smallest absolute Gasteiger partial charge is 0.339 e. The van der Waals surface area contributed by atoms with Gasteiger partial charge < -0.3 is 24.6 Å². The van der Waals surface area contributed by atoms with Crippen LogP contribution >= 0.6 is 11.3 Å². The van der Waals surface area contributed by atoms with E-state index in [1.807, 2.05) is 6.07 Å². The molecule has 14 heteroatoms. The molecule has 12 nitrogen and oxygen atoms in total. The maximum atomic E-state index is 13.8. The molecule has 6 rings (SSSR count). The van der Waals surface area contributed by atoms with Gasteiger partial charge in [-0.2, -0.15) is 4.31 Å². The van der Waals surface area contributed by atoms with Gasteiger partial charge in [-0.05, 0) is 23.6 Å². The maximum Gasteiger partial charge on any atom is 0.339 e. The van der Waals surface area contributed by atoms with E-state index in [2.05, 4.69) is 16.7 Å². The molecule has 0 radical (unpaired) electrons. The Labute approximate surface area is 236 Å². The molecular formula is C26H30N6O6S2. The van der Waals surface area contributed by atoms with E-state index in [9.17, 15) is 18.0 Å². The van der Waals surface area contributed by atoms with E-state index in [0.29, 0.717) is 57.4 Å². The summed E-state index contributed by atoms with van der Waals surface area (Å²) >= 11 is 1.17. The van der Waals surface area contributed by atoms with Crippen LogP contribution in [0.25, 0.3) is 10.1 Å². The van der Waals surface area contributed by atoms with E-state index >= 15 is 0 Å². The van der Waals surface area contributed by atoms with E-state index in [0.717, 1.165) is 15.8 Å². The third-order valence-electron chi connectivity index (χ3n) is 7.55. The van der Waals surface area contributed by atoms with Crippen molar-refractivity contribution in [2.75, 3.05) is 59.2 Å². The lowest BCUT2D eigenvalue weighted by molar-refractivity contribution is -0.136. The monoisotopic (exact) mass is 586 g/mol. The number of nitrogens with one attached hydrogen (secondary N) is 2. The van der Waals surface area contributed by atoms with Gasteiger partial charge in [0.1, 0.15) is 4.21 Å². The van der Waals surface area contributed by atoms with Gasteiger partial charge >= 0.3 is 6.03 Å². The van der Waals surface area contributed by atoms with Gasteiger partial charge in [-0.3, -0.25) is 10.2 Å². The minimum Gasteiger partial charge on any atom is -0.456 e. The molecule has 1 unspecified atom stereocenters. The van der Waals surface area contributed by atoms with Crippen molar-refractivity contribution in [3.63, 3.8) is 0 Å². The first-order valence-electron chi connectivity index (χ1n) is 13.1. The fourth-order valence-corrected chi connectivity index (χ4v) is 8.39. The largest absolute Gasteiger partial charge is 0.456 e. The van der Waals surface area contributed by atoms with Crippen LogP contribution in [0.3, 0.4) is 0 Å². The van der Waals surface area contributed by atoms with Crippen molar-refractivity contribution >= 4 is 43.4 Å². The number of piperazine rings is 1. The number of hydrogen-bond donors (Lipinski definition) is 2. The van der Waals surface area contributed by atoms with E-state index in [-0.39, 0.29) is 42.2 Å². The Morgan fingerprint density at radius 2 is 1.95 bits per heavy atom. The van der Waals surface area contributed by atoms with Crippen molar-refractivity contribution in [3.8, 4) is 12.3 Å². The number of hydrogen-bond acceptors (Lipinski definition) is 9. The summed E-state index contributed by atoms with van der Waals surface area (Å²) in [5.74, 6) is 2.96. The number of carbonyl (C=O) groups is 2. The number of morpholine rings is 1. The van der Waals surface area contributed by atoms with Crippen LogP contribution in [0.5, 0.6) is 0 Å². The Morgan fingerprint density at radius 3 is 2.75 bits per heavy atom. The first-order valence-corrected chi connectivity index (χ1v) is 15.4. The number of fused-ring (bicyclic) bond motifs is 1. The molecule has 2 fully saturated rings. The first kappa shape index (κ1) is 26.7. The minimum atomic E-state index is -3.87. The van der Waals surface area contributed by atoms with Gasteiger partial charge in [-0.25, -0.2) is 18.2 Å². The number of benzene rings is 1. The van der Waals surface area contributed by atoms with E-state index < -0.39 is 16.1 Å². The van der Waals surface area contributed by atoms with Crippen molar-refractivity contribution in [2.45, 2.75) is 23.1 Å². The van der Waals surface area contributed by atoms with Crippen LogP contribution in [0, 0.1) is 12.3 Å².